The number of nitrogens with one attached hydrogen (secondary N) is 1. The van der Waals surface area contributed by atoms with Crippen molar-refractivity contribution < 1.29 is 9.18 Å². The van der Waals surface area contributed by atoms with Crippen LogP contribution in [0.5, 0.6) is 0 Å². The lowest BCUT2D eigenvalue weighted by Crippen LogP contribution is -2.48. The predicted octanol–water partition coefficient (Wildman–Crippen LogP) is 2.59. The number of halogens is 1. The average molecular weight is 392 g/mol. The molecule has 1 aliphatic rings. The molecule has 0 radical (unpaired) electrons. The minimum atomic E-state index is -0.249. The molecule has 0 atom stereocenters. The van der Waals surface area contributed by atoms with E-state index in [4.69, 9.17) is 0 Å². The van der Waals surface area contributed by atoms with Crippen molar-refractivity contribution in [1.82, 2.24) is 19.9 Å². The maximum atomic E-state index is 13.1. The van der Waals surface area contributed by atoms with Crippen molar-refractivity contribution in [3.8, 4) is 0 Å². The molecular weight excluding hydrogens is 371 g/mol. The first-order valence-electron chi connectivity index (χ1n) is 9.44. The molecule has 148 valence electrons. The Morgan fingerprint density at radius 1 is 0.966 bits per heavy atom. The number of hydrogen-bond acceptors (Lipinski definition) is 6. The van der Waals surface area contributed by atoms with E-state index in [0.29, 0.717) is 44.2 Å². The van der Waals surface area contributed by atoms with Crippen molar-refractivity contribution in [1.29, 1.82) is 0 Å². The number of amides is 1. The molecule has 1 saturated heterocycles. The molecule has 0 spiro atoms. The number of anilines is 2. The van der Waals surface area contributed by atoms with Gasteiger partial charge in [0.25, 0.3) is 5.91 Å². The van der Waals surface area contributed by atoms with E-state index in [1.165, 1.54) is 12.1 Å². The van der Waals surface area contributed by atoms with Crippen LogP contribution in [0.15, 0.2) is 61.2 Å². The normalized spacial score (nSPS) is 14.0. The minimum Gasteiger partial charge on any atom is -0.368 e. The van der Waals surface area contributed by atoms with Gasteiger partial charge in [0.05, 0.1) is 5.56 Å². The van der Waals surface area contributed by atoms with E-state index in [9.17, 15) is 9.18 Å². The fourth-order valence-electron chi connectivity index (χ4n) is 3.21. The number of benzene rings is 1. The summed E-state index contributed by atoms with van der Waals surface area (Å²) in [5, 5.41) is 3.13. The summed E-state index contributed by atoms with van der Waals surface area (Å²) in [6.07, 6.45) is 6.57. The Morgan fingerprint density at radius 2 is 1.62 bits per heavy atom. The summed E-state index contributed by atoms with van der Waals surface area (Å²) in [5.74, 6) is 0.144. The van der Waals surface area contributed by atoms with Crippen molar-refractivity contribution in [3.05, 3.63) is 78.1 Å². The van der Waals surface area contributed by atoms with Gasteiger partial charge in [-0.05, 0) is 42.0 Å². The summed E-state index contributed by atoms with van der Waals surface area (Å²) in [4.78, 5) is 29.1. The molecule has 1 amide bonds. The van der Waals surface area contributed by atoms with Crippen LogP contribution >= 0.6 is 0 Å². The van der Waals surface area contributed by atoms with E-state index in [1.807, 2.05) is 12.1 Å². The van der Waals surface area contributed by atoms with E-state index in [-0.39, 0.29) is 11.7 Å². The number of carbonyl (C=O) groups excluding carboxylic acids is 1. The largest absolute Gasteiger partial charge is 0.368 e. The van der Waals surface area contributed by atoms with Crippen molar-refractivity contribution in [2.75, 3.05) is 36.4 Å². The van der Waals surface area contributed by atoms with Gasteiger partial charge in [0.2, 0.25) is 5.95 Å². The monoisotopic (exact) mass is 392 g/mol. The molecule has 8 heteroatoms. The number of aromatic nitrogens is 3. The first kappa shape index (κ1) is 18.8. The minimum absolute atomic E-state index is 0.0792. The van der Waals surface area contributed by atoms with Gasteiger partial charge in [-0.3, -0.25) is 9.78 Å². The van der Waals surface area contributed by atoms with Crippen LogP contribution in [0.3, 0.4) is 0 Å². The molecule has 0 aliphatic carbocycles. The van der Waals surface area contributed by atoms with Gasteiger partial charge in [-0.1, -0.05) is 0 Å². The fraction of sp³-hybridized carbons (Fsp3) is 0.238. The van der Waals surface area contributed by atoms with Crippen LogP contribution in [0.4, 0.5) is 16.0 Å². The Kier molecular flexibility index (Phi) is 5.60. The molecule has 7 nitrogen and oxygen atoms in total. The zero-order valence-electron chi connectivity index (χ0n) is 15.8. The summed E-state index contributed by atoms with van der Waals surface area (Å²) < 4.78 is 13.1. The van der Waals surface area contributed by atoms with Crippen LogP contribution in [0.1, 0.15) is 15.9 Å². The molecular formula is C21H21FN6O. The average Bonchev–Trinajstić information content (AvgIpc) is 2.79. The van der Waals surface area contributed by atoms with E-state index in [2.05, 4.69) is 25.2 Å². The second-order valence-corrected chi connectivity index (χ2v) is 6.76. The van der Waals surface area contributed by atoms with Crippen LogP contribution in [0, 0.1) is 5.82 Å². The van der Waals surface area contributed by atoms with Gasteiger partial charge in [0.1, 0.15) is 5.82 Å². The van der Waals surface area contributed by atoms with Gasteiger partial charge in [0.15, 0.2) is 0 Å². The zero-order valence-corrected chi connectivity index (χ0v) is 15.8. The lowest BCUT2D eigenvalue weighted by atomic mass is 10.2. The molecule has 2 aromatic heterocycles. The van der Waals surface area contributed by atoms with Gasteiger partial charge in [-0.15, -0.1) is 0 Å². The Labute approximate surface area is 168 Å². The topological polar surface area (TPSA) is 74.2 Å². The smallest absolute Gasteiger partial charge is 0.257 e. The molecule has 0 saturated carbocycles. The third-order valence-corrected chi connectivity index (χ3v) is 4.86. The summed E-state index contributed by atoms with van der Waals surface area (Å²) in [6.45, 7) is 3.17. The highest BCUT2D eigenvalue weighted by Crippen LogP contribution is 2.18. The van der Waals surface area contributed by atoms with Crippen molar-refractivity contribution in [3.63, 3.8) is 0 Å². The number of carbonyl (C=O) groups is 1. The van der Waals surface area contributed by atoms with Gasteiger partial charge >= 0.3 is 0 Å². The summed E-state index contributed by atoms with van der Waals surface area (Å²) >= 11 is 0. The van der Waals surface area contributed by atoms with Crippen LogP contribution in [0.2, 0.25) is 0 Å². The van der Waals surface area contributed by atoms with Gasteiger partial charge < -0.3 is 15.1 Å². The van der Waals surface area contributed by atoms with E-state index < -0.39 is 0 Å². The highest BCUT2D eigenvalue weighted by atomic mass is 19.1. The molecule has 29 heavy (non-hydrogen) atoms. The van der Waals surface area contributed by atoms with Crippen LogP contribution < -0.4 is 10.2 Å². The van der Waals surface area contributed by atoms with Crippen molar-refractivity contribution >= 4 is 17.5 Å². The van der Waals surface area contributed by atoms with Crippen molar-refractivity contribution in [2.24, 2.45) is 0 Å². The second kappa shape index (κ2) is 8.64. The van der Waals surface area contributed by atoms with Crippen LogP contribution in [-0.4, -0.2) is 51.9 Å². The molecule has 3 heterocycles. The lowest BCUT2D eigenvalue weighted by Gasteiger charge is -2.36. The standard InChI is InChI=1S/C21H21FN6O/c22-18-1-3-19(4-2-18)27-9-11-28(12-10-27)20(29)17-14-25-21(26-15-17)24-13-16-5-7-23-8-6-16/h1-8,14-15H,9-13H2,(H,24,25,26). The number of rotatable bonds is 5. The molecule has 1 aliphatic heterocycles. The van der Waals surface area contributed by atoms with Crippen LogP contribution in [-0.2, 0) is 6.54 Å². The zero-order chi connectivity index (χ0) is 20.1. The van der Waals surface area contributed by atoms with Gasteiger partial charge in [0, 0.05) is 63.2 Å². The third kappa shape index (κ3) is 4.66. The first-order valence-corrected chi connectivity index (χ1v) is 9.44. The molecule has 1 fully saturated rings. The highest BCUT2D eigenvalue weighted by molar-refractivity contribution is 5.93. The number of nitrogens with zero attached hydrogens (tertiary/aromatic N) is 5. The summed E-state index contributed by atoms with van der Waals surface area (Å²) in [7, 11) is 0. The SMILES string of the molecule is O=C(c1cnc(NCc2ccncc2)nc1)N1CCN(c2ccc(F)cc2)CC1. The third-order valence-electron chi connectivity index (χ3n) is 4.86. The molecule has 3 aromatic rings. The second-order valence-electron chi connectivity index (χ2n) is 6.76. The number of piperazine rings is 1. The number of hydrogen-bond donors (Lipinski definition) is 1. The van der Waals surface area contributed by atoms with E-state index >= 15 is 0 Å². The molecule has 4 rings (SSSR count). The first-order chi connectivity index (χ1) is 14.2. The highest BCUT2D eigenvalue weighted by Gasteiger charge is 2.22. The molecule has 0 bridgehead atoms. The Balaban J connectivity index is 1.31. The Bertz CT molecular complexity index is 941. The Hall–Kier alpha value is -3.55. The van der Waals surface area contributed by atoms with Gasteiger partial charge in [-0.25, -0.2) is 14.4 Å². The molecule has 1 aromatic carbocycles. The Morgan fingerprint density at radius 3 is 2.28 bits per heavy atom. The van der Waals surface area contributed by atoms with E-state index in [1.54, 1.807) is 41.8 Å². The van der Waals surface area contributed by atoms with Gasteiger partial charge in [-0.2, -0.15) is 0 Å². The molecule has 1 N–H and O–H groups in total. The molecule has 0 unspecified atom stereocenters. The maximum Gasteiger partial charge on any atom is 0.257 e. The fourth-order valence-corrected chi connectivity index (χ4v) is 3.21. The predicted molar refractivity (Wildman–Crippen MR) is 108 cm³/mol. The van der Waals surface area contributed by atoms with E-state index in [0.717, 1.165) is 11.3 Å². The summed E-state index contributed by atoms with van der Waals surface area (Å²) in [5.41, 5.74) is 2.50. The quantitative estimate of drug-likeness (QED) is 0.720. The summed E-state index contributed by atoms with van der Waals surface area (Å²) in [6, 6.07) is 10.3. The number of pyridine rings is 1. The maximum absolute atomic E-state index is 13.1. The van der Waals surface area contributed by atoms with Crippen LogP contribution in [0.25, 0.3) is 0 Å². The lowest BCUT2D eigenvalue weighted by molar-refractivity contribution is 0.0746. The van der Waals surface area contributed by atoms with Crippen molar-refractivity contribution in [2.45, 2.75) is 6.54 Å².